The van der Waals surface area contributed by atoms with Gasteiger partial charge in [-0.25, -0.2) is 9.97 Å². The molecule has 0 aliphatic heterocycles. The number of H-pyrrole nitrogens is 1. The molecule has 1 amide bonds. The minimum Gasteiger partial charge on any atom is -0.355 e. The molecule has 0 saturated heterocycles. The fourth-order valence-corrected chi connectivity index (χ4v) is 4.82. The summed E-state index contributed by atoms with van der Waals surface area (Å²) in [6.07, 6.45) is 3.44. The van der Waals surface area contributed by atoms with E-state index in [0.717, 1.165) is 16.7 Å². The van der Waals surface area contributed by atoms with Crippen molar-refractivity contribution in [3.63, 3.8) is 0 Å². The summed E-state index contributed by atoms with van der Waals surface area (Å²) >= 11 is 2.57. The Balaban J connectivity index is 1.59. The number of thiazole rings is 1. The fourth-order valence-electron chi connectivity index (χ4n) is 3.47. The Labute approximate surface area is 197 Å². The normalized spacial score (nSPS) is 11.1. The van der Waals surface area contributed by atoms with Gasteiger partial charge in [-0.05, 0) is 24.6 Å². The number of thioether (sulfide) groups is 1. The molecule has 0 aliphatic rings. The van der Waals surface area contributed by atoms with E-state index in [1.54, 1.807) is 22.3 Å². The zero-order chi connectivity index (χ0) is 22.8. The molecule has 0 aliphatic carbocycles. The van der Waals surface area contributed by atoms with E-state index < -0.39 is 0 Å². The predicted octanol–water partition coefficient (Wildman–Crippen LogP) is 4.88. The van der Waals surface area contributed by atoms with E-state index in [2.05, 4.69) is 15.3 Å². The van der Waals surface area contributed by atoms with Crippen molar-refractivity contribution in [3.05, 3.63) is 88.3 Å². The average molecular weight is 474 g/mol. The highest BCUT2D eigenvalue weighted by molar-refractivity contribution is 7.99. The summed E-state index contributed by atoms with van der Waals surface area (Å²) < 4.78 is 1.55. The Hall–Kier alpha value is -3.69. The van der Waals surface area contributed by atoms with Crippen molar-refractivity contribution < 1.29 is 4.79 Å². The summed E-state index contributed by atoms with van der Waals surface area (Å²) in [5.41, 5.74) is 4.37. The average Bonchev–Trinajstić information content (AvgIpc) is 3.49. The van der Waals surface area contributed by atoms with Gasteiger partial charge in [0.1, 0.15) is 11.0 Å². The van der Waals surface area contributed by atoms with E-state index in [9.17, 15) is 9.59 Å². The second-order valence-electron chi connectivity index (χ2n) is 7.34. The van der Waals surface area contributed by atoms with Crippen molar-refractivity contribution in [3.8, 4) is 16.8 Å². The van der Waals surface area contributed by atoms with Crippen molar-refractivity contribution in [2.24, 2.45) is 0 Å². The van der Waals surface area contributed by atoms with Gasteiger partial charge in [0.05, 0.1) is 11.4 Å². The number of nitrogens with zero attached hydrogens (tertiary/aromatic N) is 3. The monoisotopic (exact) mass is 473 g/mol. The van der Waals surface area contributed by atoms with Crippen LogP contribution in [0, 0.1) is 6.92 Å². The first-order valence-corrected chi connectivity index (χ1v) is 12.1. The van der Waals surface area contributed by atoms with Crippen LogP contribution in [0.2, 0.25) is 0 Å². The zero-order valence-electron chi connectivity index (χ0n) is 17.6. The molecular formula is C24H19N5O2S2. The summed E-state index contributed by atoms with van der Waals surface area (Å²) in [5.74, 6) is -0.119. The van der Waals surface area contributed by atoms with E-state index in [4.69, 9.17) is 4.98 Å². The molecule has 3 heterocycles. The van der Waals surface area contributed by atoms with Crippen molar-refractivity contribution in [2.45, 2.75) is 12.1 Å². The predicted molar refractivity (Wildman–Crippen MR) is 133 cm³/mol. The van der Waals surface area contributed by atoms with Gasteiger partial charge in [-0.15, -0.1) is 11.3 Å². The van der Waals surface area contributed by atoms with Crippen LogP contribution in [0.5, 0.6) is 0 Å². The lowest BCUT2D eigenvalue weighted by Crippen LogP contribution is -2.23. The van der Waals surface area contributed by atoms with Crippen LogP contribution in [0.25, 0.3) is 27.8 Å². The lowest BCUT2D eigenvalue weighted by molar-refractivity contribution is -0.113. The Morgan fingerprint density at radius 1 is 1.15 bits per heavy atom. The van der Waals surface area contributed by atoms with Crippen LogP contribution in [0.4, 0.5) is 5.13 Å². The van der Waals surface area contributed by atoms with Gasteiger partial charge < -0.3 is 10.3 Å². The van der Waals surface area contributed by atoms with Crippen molar-refractivity contribution in [1.29, 1.82) is 0 Å². The Morgan fingerprint density at radius 2 is 1.94 bits per heavy atom. The zero-order valence-corrected chi connectivity index (χ0v) is 19.2. The van der Waals surface area contributed by atoms with Crippen molar-refractivity contribution in [2.75, 3.05) is 11.1 Å². The summed E-state index contributed by atoms with van der Waals surface area (Å²) in [6, 6.07) is 17.4. The van der Waals surface area contributed by atoms with Gasteiger partial charge >= 0.3 is 0 Å². The summed E-state index contributed by atoms with van der Waals surface area (Å²) in [4.78, 5) is 38.1. The number of carbonyl (C=O) groups excluding carboxylic acids is 1. The summed E-state index contributed by atoms with van der Waals surface area (Å²) in [5, 5.41) is 5.55. The Bertz CT molecular complexity index is 1470. The number of aryl methyl sites for hydroxylation is 1. The maximum Gasteiger partial charge on any atom is 0.283 e. The van der Waals surface area contributed by atoms with Crippen LogP contribution in [0.1, 0.15) is 5.56 Å². The first-order valence-electron chi connectivity index (χ1n) is 10.2. The van der Waals surface area contributed by atoms with Crippen LogP contribution < -0.4 is 10.9 Å². The topological polar surface area (TPSA) is 92.7 Å². The Morgan fingerprint density at radius 3 is 2.67 bits per heavy atom. The lowest BCUT2D eigenvalue weighted by Gasteiger charge is -2.13. The second kappa shape index (κ2) is 9.05. The molecule has 0 unspecified atom stereocenters. The number of hydrogen-bond donors (Lipinski definition) is 2. The van der Waals surface area contributed by atoms with Gasteiger partial charge in [-0.2, -0.15) is 0 Å². The number of amides is 1. The van der Waals surface area contributed by atoms with Crippen molar-refractivity contribution >= 4 is 45.2 Å². The number of rotatable bonds is 6. The highest BCUT2D eigenvalue weighted by Gasteiger charge is 2.19. The molecule has 9 heteroatoms. The van der Waals surface area contributed by atoms with Crippen LogP contribution in [-0.4, -0.2) is 31.2 Å². The van der Waals surface area contributed by atoms with E-state index in [0.29, 0.717) is 27.0 Å². The summed E-state index contributed by atoms with van der Waals surface area (Å²) in [7, 11) is 0. The third-order valence-corrected chi connectivity index (χ3v) is 6.68. The number of hydrogen-bond acceptors (Lipinski definition) is 6. The number of anilines is 1. The van der Waals surface area contributed by atoms with Gasteiger partial charge in [0.25, 0.3) is 5.56 Å². The highest BCUT2D eigenvalue weighted by atomic mass is 32.2. The molecule has 0 bridgehead atoms. The first kappa shape index (κ1) is 21.2. The van der Waals surface area contributed by atoms with Crippen LogP contribution in [-0.2, 0) is 4.79 Å². The molecule has 0 radical (unpaired) electrons. The van der Waals surface area contributed by atoms with Crippen LogP contribution in [0.15, 0.2) is 82.3 Å². The van der Waals surface area contributed by atoms with E-state index in [1.807, 2.05) is 61.5 Å². The third kappa shape index (κ3) is 4.33. The smallest absolute Gasteiger partial charge is 0.283 e. The molecule has 33 heavy (non-hydrogen) atoms. The quantitative estimate of drug-likeness (QED) is 0.271. The SMILES string of the molecule is Cc1ccc(-n2c(SCC(=O)Nc3nccs3)nc3c(-c4ccccc4)c[nH]c3c2=O)cc1. The summed E-state index contributed by atoms with van der Waals surface area (Å²) in [6.45, 7) is 1.99. The number of benzene rings is 2. The van der Waals surface area contributed by atoms with Gasteiger partial charge in [0.2, 0.25) is 5.91 Å². The molecule has 7 nitrogen and oxygen atoms in total. The first-order chi connectivity index (χ1) is 16.1. The molecule has 0 atom stereocenters. The highest BCUT2D eigenvalue weighted by Crippen LogP contribution is 2.29. The number of aromatic nitrogens is 4. The Kier molecular flexibility index (Phi) is 5.80. The van der Waals surface area contributed by atoms with E-state index >= 15 is 0 Å². The van der Waals surface area contributed by atoms with Crippen LogP contribution >= 0.6 is 23.1 Å². The van der Waals surface area contributed by atoms with Crippen LogP contribution in [0.3, 0.4) is 0 Å². The molecule has 2 N–H and O–H groups in total. The number of fused-ring (bicyclic) bond motifs is 1. The molecule has 2 aromatic carbocycles. The molecular weight excluding hydrogens is 454 g/mol. The van der Waals surface area contributed by atoms with Gasteiger partial charge in [-0.3, -0.25) is 14.2 Å². The second-order valence-corrected chi connectivity index (χ2v) is 9.17. The third-order valence-electron chi connectivity index (χ3n) is 5.06. The molecule has 5 aromatic rings. The molecule has 5 rings (SSSR count). The molecule has 164 valence electrons. The minimum atomic E-state index is -0.214. The molecule has 0 fully saturated rings. The largest absolute Gasteiger partial charge is 0.355 e. The number of carbonyl (C=O) groups is 1. The molecule has 0 saturated carbocycles. The molecule has 3 aromatic heterocycles. The van der Waals surface area contributed by atoms with E-state index in [-0.39, 0.29) is 17.2 Å². The standard InChI is InChI=1S/C24H19N5O2S2/c1-15-7-9-17(10-8-15)29-22(31)21-20(18(13-26-21)16-5-3-2-4-6-16)28-24(29)33-14-19(30)27-23-25-11-12-32-23/h2-13,26H,14H2,1H3,(H,25,27,30). The maximum absolute atomic E-state index is 13.5. The number of aromatic amines is 1. The van der Waals surface area contributed by atoms with Gasteiger partial charge in [0.15, 0.2) is 10.3 Å². The van der Waals surface area contributed by atoms with Gasteiger partial charge in [-0.1, -0.05) is 59.8 Å². The molecule has 0 spiro atoms. The van der Waals surface area contributed by atoms with Gasteiger partial charge in [0, 0.05) is 23.3 Å². The maximum atomic E-state index is 13.5. The van der Waals surface area contributed by atoms with E-state index in [1.165, 1.54) is 23.1 Å². The van der Waals surface area contributed by atoms with Crippen molar-refractivity contribution in [1.82, 2.24) is 19.5 Å². The fraction of sp³-hybridized carbons (Fsp3) is 0.0833. The number of nitrogens with one attached hydrogen (secondary N) is 2. The minimum absolute atomic E-state index is 0.0917. The lowest BCUT2D eigenvalue weighted by atomic mass is 10.1.